The number of hydrogen-bond donors (Lipinski definition) is 1. The number of carbonyl (C=O) groups is 2. The molecular formula is C15H22ClN3O3S. The van der Waals surface area contributed by atoms with E-state index in [-0.39, 0.29) is 17.9 Å². The number of rotatable bonds is 3. The number of carbonyl (C=O) groups excluding carboxylic acids is 2. The number of nitrogens with zero attached hydrogens (tertiary/aromatic N) is 2. The number of alkyl halides is 1. The quantitative estimate of drug-likeness (QED) is 0.839. The van der Waals surface area contributed by atoms with Crippen molar-refractivity contribution in [3.63, 3.8) is 0 Å². The van der Waals surface area contributed by atoms with E-state index in [2.05, 4.69) is 10.3 Å². The zero-order valence-electron chi connectivity index (χ0n) is 13.6. The molecule has 8 heteroatoms. The third kappa shape index (κ3) is 5.35. The second-order valence-electron chi connectivity index (χ2n) is 6.50. The van der Waals surface area contributed by atoms with E-state index in [1.807, 2.05) is 26.2 Å². The number of hydrogen-bond acceptors (Lipinski definition) is 5. The summed E-state index contributed by atoms with van der Waals surface area (Å²) in [6, 6.07) is 0. The lowest BCUT2D eigenvalue weighted by atomic mass is 9.94. The van der Waals surface area contributed by atoms with E-state index in [1.54, 1.807) is 4.90 Å². The number of thiazole rings is 1. The van der Waals surface area contributed by atoms with Gasteiger partial charge in [-0.2, -0.15) is 0 Å². The first-order valence-corrected chi connectivity index (χ1v) is 8.99. The minimum Gasteiger partial charge on any atom is -0.444 e. The molecule has 1 aliphatic heterocycles. The van der Waals surface area contributed by atoms with E-state index in [4.69, 9.17) is 16.3 Å². The van der Waals surface area contributed by atoms with Gasteiger partial charge in [0.2, 0.25) is 5.91 Å². The van der Waals surface area contributed by atoms with Crippen LogP contribution in [0.4, 0.5) is 9.93 Å². The maximum Gasteiger partial charge on any atom is 0.410 e. The summed E-state index contributed by atoms with van der Waals surface area (Å²) < 4.78 is 5.39. The molecule has 2 heterocycles. The predicted octanol–water partition coefficient (Wildman–Crippen LogP) is 3.43. The number of anilines is 1. The molecule has 6 nitrogen and oxygen atoms in total. The van der Waals surface area contributed by atoms with Gasteiger partial charge in [-0.15, -0.1) is 22.9 Å². The smallest absolute Gasteiger partial charge is 0.410 e. The highest BCUT2D eigenvalue weighted by Gasteiger charge is 2.28. The van der Waals surface area contributed by atoms with E-state index in [0.717, 1.165) is 18.5 Å². The fourth-order valence-electron chi connectivity index (χ4n) is 2.37. The first kappa shape index (κ1) is 18.0. The molecule has 0 spiro atoms. The van der Waals surface area contributed by atoms with Crippen molar-refractivity contribution in [1.82, 2.24) is 9.88 Å². The molecule has 1 fully saturated rings. The lowest BCUT2D eigenvalue weighted by Gasteiger charge is -2.32. The zero-order chi connectivity index (χ0) is 17.0. The largest absolute Gasteiger partial charge is 0.444 e. The van der Waals surface area contributed by atoms with E-state index in [0.29, 0.717) is 24.1 Å². The van der Waals surface area contributed by atoms with Crippen LogP contribution in [-0.2, 0) is 9.53 Å². The van der Waals surface area contributed by atoms with Crippen LogP contribution in [0.5, 0.6) is 0 Å². The fourth-order valence-corrected chi connectivity index (χ4v) is 3.24. The Morgan fingerprint density at radius 3 is 2.65 bits per heavy atom. The van der Waals surface area contributed by atoms with Crippen molar-refractivity contribution >= 4 is 40.1 Å². The van der Waals surface area contributed by atoms with Crippen molar-refractivity contribution in [2.24, 2.45) is 0 Å². The Hall–Kier alpha value is -1.34. The number of piperidine rings is 1. The maximum absolute atomic E-state index is 12.0. The number of halogens is 1. The van der Waals surface area contributed by atoms with Gasteiger partial charge in [0, 0.05) is 24.4 Å². The van der Waals surface area contributed by atoms with Gasteiger partial charge in [0.1, 0.15) is 11.5 Å². The number of ether oxygens (including phenoxy) is 1. The molecule has 1 aromatic heterocycles. The first-order valence-electron chi connectivity index (χ1n) is 7.57. The molecule has 0 atom stereocenters. The van der Waals surface area contributed by atoms with Crippen LogP contribution in [0.3, 0.4) is 0 Å². The van der Waals surface area contributed by atoms with Crippen LogP contribution in [0.15, 0.2) is 5.38 Å². The molecule has 1 N–H and O–H groups in total. The summed E-state index contributed by atoms with van der Waals surface area (Å²) in [4.78, 5) is 29.5. The topological polar surface area (TPSA) is 71.5 Å². The summed E-state index contributed by atoms with van der Waals surface area (Å²) >= 11 is 6.86. The van der Waals surface area contributed by atoms with Crippen molar-refractivity contribution in [2.45, 2.75) is 45.1 Å². The lowest BCUT2D eigenvalue weighted by molar-refractivity contribution is -0.113. The van der Waals surface area contributed by atoms with Gasteiger partial charge in [-0.1, -0.05) is 0 Å². The van der Waals surface area contributed by atoms with Crippen molar-refractivity contribution < 1.29 is 14.3 Å². The second-order valence-corrected chi connectivity index (χ2v) is 7.63. The Morgan fingerprint density at radius 1 is 1.43 bits per heavy atom. The minimum absolute atomic E-state index is 0.0802. The molecule has 1 saturated heterocycles. The average molecular weight is 360 g/mol. The SMILES string of the molecule is CC(C)(C)OC(=O)N1CCC(c2csc(NC(=O)CCl)n2)CC1. The van der Waals surface area contributed by atoms with Gasteiger partial charge in [-0.3, -0.25) is 4.79 Å². The molecule has 23 heavy (non-hydrogen) atoms. The number of nitrogens with one attached hydrogen (secondary N) is 1. The van der Waals surface area contributed by atoms with Crippen LogP contribution in [0, 0.1) is 0 Å². The van der Waals surface area contributed by atoms with Crippen LogP contribution in [-0.4, -0.2) is 46.5 Å². The zero-order valence-corrected chi connectivity index (χ0v) is 15.2. The summed E-state index contributed by atoms with van der Waals surface area (Å²) in [5, 5.41) is 5.18. The molecule has 1 aliphatic rings. The van der Waals surface area contributed by atoms with Crippen LogP contribution < -0.4 is 5.32 Å². The van der Waals surface area contributed by atoms with E-state index >= 15 is 0 Å². The second kappa shape index (κ2) is 7.49. The fraction of sp³-hybridized carbons (Fsp3) is 0.667. The van der Waals surface area contributed by atoms with Gasteiger partial charge in [0.25, 0.3) is 0 Å². The van der Waals surface area contributed by atoms with Crippen molar-refractivity contribution in [3.05, 3.63) is 11.1 Å². The number of likely N-dealkylation sites (tertiary alicyclic amines) is 1. The van der Waals surface area contributed by atoms with Crippen LogP contribution in [0.1, 0.15) is 45.2 Å². The maximum atomic E-state index is 12.0. The highest BCUT2D eigenvalue weighted by Crippen LogP contribution is 2.31. The first-order chi connectivity index (χ1) is 10.8. The highest BCUT2D eigenvalue weighted by molar-refractivity contribution is 7.14. The molecule has 2 amide bonds. The normalized spacial score (nSPS) is 16.3. The van der Waals surface area contributed by atoms with Gasteiger partial charge in [-0.25, -0.2) is 9.78 Å². The molecule has 0 aromatic carbocycles. The molecule has 128 valence electrons. The Morgan fingerprint density at radius 2 is 2.09 bits per heavy atom. The Bertz CT molecular complexity index is 563. The van der Waals surface area contributed by atoms with Gasteiger partial charge in [0.05, 0.1) is 5.69 Å². The van der Waals surface area contributed by atoms with Crippen molar-refractivity contribution in [2.75, 3.05) is 24.3 Å². The van der Waals surface area contributed by atoms with Crippen molar-refractivity contribution in [3.8, 4) is 0 Å². The summed E-state index contributed by atoms with van der Waals surface area (Å²) in [5.41, 5.74) is 0.488. The molecule has 0 unspecified atom stereocenters. The van der Waals surface area contributed by atoms with Gasteiger partial charge >= 0.3 is 6.09 Å². The molecule has 2 rings (SSSR count). The summed E-state index contributed by atoms with van der Waals surface area (Å²) in [6.07, 6.45) is 1.42. The Kier molecular flexibility index (Phi) is 5.86. The Balaban J connectivity index is 1.87. The lowest BCUT2D eigenvalue weighted by Crippen LogP contribution is -2.41. The Labute approximate surface area is 145 Å². The van der Waals surface area contributed by atoms with Gasteiger partial charge < -0.3 is 15.0 Å². The van der Waals surface area contributed by atoms with Crippen LogP contribution in [0.2, 0.25) is 0 Å². The molecule has 0 saturated carbocycles. The van der Waals surface area contributed by atoms with Crippen LogP contribution >= 0.6 is 22.9 Å². The summed E-state index contributed by atoms with van der Waals surface area (Å²) in [6.45, 7) is 6.90. The van der Waals surface area contributed by atoms with E-state index < -0.39 is 5.60 Å². The molecule has 0 bridgehead atoms. The average Bonchev–Trinajstić information content (AvgIpc) is 2.94. The minimum atomic E-state index is -0.474. The third-order valence-corrected chi connectivity index (χ3v) is 4.47. The summed E-state index contributed by atoms with van der Waals surface area (Å²) in [5.74, 6) is -0.0395. The molecule has 0 aliphatic carbocycles. The molecular weight excluding hydrogens is 338 g/mol. The standard InChI is InChI=1S/C15H22ClN3O3S/c1-15(2,3)22-14(21)19-6-4-10(5-7-19)11-9-23-13(17-11)18-12(20)8-16/h9-10H,4-8H2,1-3H3,(H,17,18,20). The van der Waals surface area contributed by atoms with Crippen LogP contribution in [0.25, 0.3) is 0 Å². The molecule has 1 aromatic rings. The summed E-state index contributed by atoms with van der Waals surface area (Å²) in [7, 11) is 0. The third-order valence-electron chi connectivity index (χ3n) is 3.45. The number of aromatic nitrogens is 1. The predicted molar refractivity (Wildman–Crippen MR) is 91.2 cm³/mol. The number of amides is 2. The monoisotopic (exact) mass is 359 g/mol. The van der Waals surface area contributed by atoms with E-state index in [1.165, 1.54) is 11.3 Å². The van der Waals surface area contributed by atoms with Crippen molar-refractivity contribution in [1.29, 1.82) is 0 Å². The van der Waals surface area contributed by atoms with Gasteiger partial charge in [-0.05, 0) is 33.6 Å². The van der Waals surface area contributed by atoms with E-state index in [9.17, 15) is 9.59 Å². The van der Waals surface area contributed by atoms with Gasteiger partial charge in [0.15, 0.2) is 5.13 Å². The molecule has 0 radical (unpaired) electrons. The highest BCUT2D eigenvalue weighted by atomic mass is 35.5.